The number of piperazine rings is 1. The first-order valence-electron chi connectivity index (χ1n) is 12.6. The van der Waals surface area contributed by atoms with Gasteiger partial charge in [0.1, 0.15) is 5.69 Å². The molecule has 0 saturated carbocycles. The van der Waals surface area contributed by atoms with Crippen LogP contribution in [-0.2, 0) is 6.18 Å². The van der Waals surface area contributed by atoms with Crippen LogP contribution in [0.25, 0.3) is 38.1 Å². The van der Waals surface area contributed by atoms with Crippen molar-refractivity contribution in [1.82, 2.24) is 14.3 Å². The Kier molecular flexibility index (Phi) is 5.07. The molecule has 0 spiro atoms. The van der Waals surface area contributed by atoms with Gasteiger partial charge in [-0.05, 0) is 36.4 Å². The summed E-state index contributed by atoms with van der Waals surface area (Å²) in [5.74, 6) is -0.247. The number of hydrogen-bond donors (Lipinski definition) is 0. The van der Waals surface area contributed by atoms with Gasteiger partial charge in [-0.2, -0.15) is 13.2 Å². The van der Waals surface area contributed by atoms with Gasteiger partial charge in [0.05, 0.1) is 22.1 Å². The Bertz CT molecular complexity index is 1970. The van der Waals surface area contributed by atoms with Crippen molar-refractivity contribution in [2.75, 3.05) is 31.1 Å². The number of carbonyl (C=O) groups excluding carboxylic acids is 1. The van der Waals surface area contributed by atoms with Crippen molar-refractivity contribution in [3.8, 4) is 0 Å². The van der Waals surface area contributed by atoms with Crippen molar-refractivity contribution >= 4 is 49.7 Å². The molecule has 39 heavy (non-hydrogen) atoms. The van der Waals surface area contributed by atoms with E-state index in [1.54, 1.807) is 27.5 Å². The van der Waals surface area contributed by atoms with E-state index < -0.39 is 11.7 Å². The maximum absolute atomic E-state index is 13.7. The number of carbonyl (C=O) groups is 1. The molecule has 1 fully saturated rings. The zero-order valence-electron chi connectivity index (χ0n) is 20.6. The lowest BCUT2D eigenvalue weighted by molar-refractivity contribution is -0.137. The first kappa shape index (κ1) is 23.5. The highest BCUT2D eigenvalue weighted by molar-refractivity contribution is 6.20. The Labute approximate surface area is 219 Å². The zero-order valence-corrected chi connectivity index (χ0v) is 20.6. The molecule has 6 aromatic rings. The molecule has 194 valence electrons. The normalized spacial score (nSPS) is 14.7. The molecule has 0 bridgehead atoms. The van der Waals surface area contributed by atoms with Crippen LogP contribution in [0.3, 0.4) is 0 Å². The second kappa shape index (κ2) is 8.42. The summed E-state index contributed by atoms with van der Waals surface area (Å²) in [5, 5.41) is 2.86. The zero-order chi connectivity index (χ0) is 26.9. The third kappa shape index (κ3) is 3.60. The maximum atomic E-state index is 13.7. The van der Waals surface area contributed by atoms with Crippen LogP contribution >= 0.6 is 0 Å². The Hall–Kier alpha value is -4.66. The van der Waals surface area contributed by atoms with Gasteiger partial charge in [-0.1, -0.05) is 42.5 Å². The Morgan fingerprint density at radius 2 is 1.46 bits per heavy atom. The van der Waals surface area contributed by atoms with Crippen LogP contribution in [0, 0.1) is 0 Å². The van der Waals surface area contributed by atoms with Crippen molar-refractivity contribution in [1.29, 1.82) is 0 Å². The average Bonchev–Trinajstić information content (AvgIpc) is 3.30. The highest BCUT2D eigenvalue weighted by Gasteiger charge is 2.31. The second-order valence-corrected chi connectivity index (χ2v) is 9.78. The summed E-state index contributed by atoms with van der Waals surface area (Å²) in [6.45, 7) is 1.50. The molecule has 0 atom stereocenters. The standard InChI is InChI=1S/C30H21F3N4O2/c31-30(32,33)18-6-5-7-19(16-18)35-12-14-36(15-13-35)29(39)24-17-23-20-8-3-4-11-25(20)37-27(23)26(34-24)21-9-1-2-10-22(21)28(37)38/h1-11,16-17H,12-15H2. The summed E-state index contributed by atoms with van der Waals surface area (Å²) in [6, 6.07) is 21.9. The first-order valence-corrected chi connectivity index (χ1v) is 12.6. The molecule has 1 amide bonds. The Morgan fingerprint density at radius 3 is 2.21 bits per heavy atom. The van der Waals surface area contributed by atoms with Crippen LogP contribution in [0.2, 0.25) is 0 Å². The van der Waals surface area contributed by atoms with Crippen LogP contribution in [0.15, 0.2) is 83.7 Å². The van der Waals surface area contributed by atoms with Crippen molar-refractivity contribution in [2.45, 2.75) is 6.18 Å². The van der Waals surface area contributed by atoms with E-state index in [-0.39, 0.29) is 17.2 Å². The minimum Gasteiger partial charge on any atom is -0.368 e. The summed E-state index contributed by atoms with van der Waals surface area (Å²) in [5.41, 5.74) is 1.97. The van der Waals surface area contributed by atoms with Gasteiger partial charge in [-0.15, -0.1) is 0 Å². The number of halogens is 3. The van der Waals surface area contributed by atoms with E-state index >= 15 is 0 Å². The monoisotopic (exact) mass is 526 g/mol. The first-order chi connectivity index (χ1) is 18.8. The van der Waals surface area contributed by atoms with Crippen LogP contribution in [0.4, 0.5) is 18.9 Å². The predicted molar refractivity (Wildman–Crippen MR) is 145 cm³/mol. The third-order valence-electron chi connectivity index (χ3n) is 7.59. The fraction of sp³-hybridized carbons (Fsp3) is 0.167. The summed E-state index contributed by atoms with van der Waals surface area (Å²) >= 11 is 0. The van der Waals surface area contributed by atoms with Gasteiger partial charge in [0.2, 0.25) is 0 Å². The topological polar surface area (TPSA) is 57.9 Å². The minimum absolute atomic E-state index is 0.129. The molecule has 1 aliphatic rings. The summed E-state index contributed by atoms with van der Waals surface area (Å²) in [4.78, 5) is 35.5. The largest absolute Gasteiger partial charge is 0.416 e. The van der Waals surface area contributed by atoms with E-state index in [9.17, 15) is 22.8 Å². The fourth-order valence-electron chi connectivity index (χ4n) is 5.70. The van der Waals surface area contributed by atoms with E-state index in [0.717, 1.165) is 28.4 Å². The number of benzene rings is 3. The van der Waals surface area contributed by atoms with Gasteiger partial charge in [-0.25, -0.2) is 4.98 Å². The molecule has 6 nitrogen and oxygen atoms in total. The number of para-hydroxylation sites is 1. The van der Waals surface area contributed by atoms with Gasteiger partial charge >= 0.3 is 6.18 Å². The van der Waals surface area contributed by atoms with Crippen molar-refractivity contribution in [2.24, 2.45) is 0 Å². The molecule has 0 radical (unpaired) electrons. The molecule has 0 aliphatic carbocycles. The van der Waals surface area contributed by atoms with Crippen LogP contribution in [-0.4, -0.2) is 46.4 Å². The lowest BCUT2D eigenvalue weighted by Crippen LogP contribution is -2.49. The van der Waals surface area contributed by atoms with Gasteiger partial charge < -0.3 is 9.80 Å². The fourth-order valence-corrected chi connectivity index (χ4v) is 5.70. The molecular formula is C30H21F3N4O2. The number of anilines is 1. The second-order valence-electron chi connectivity index (χ2n) is 9.78. The van der Waals surface area contributed by atoms with Gasteiger partial charge in [0, 0.05) is 53.4 Å². The number of rotatable bonds is 2. The third-order valence-corrected chi connectivity index (χ3v) is 7.59. The number of amides is 1. The molecule has 4 heterocycles. The van der Waals surface area contributed by atoms with Gasteiger partial charge in [-0.3, -0.25) is 14.0 Å². The quantitative estimate of drug-likeness (QED) is 0.277. The van der Waals surface area contributed by atoms with E-state index in [1.807, 2.05) is 47.4 Å². The highest BCUT2D eigenvalue weighted by Crippen LogP contribution is 2.34. The van der Waals surface area contributed by atoms with Crippen molar-refractivity contribution < 1.29 is 18.0 Å². The lowest BCUT2D eigenvalue weighted by atomic mass is 10.1. The highest BCUT2D eigenvalue weighted by atomic mass is 19.4. The van der Waals surface area contributed by atoms with Crippen molar-refractivity contribution in [3.63, 3.8) is 0 Å². The molecule has 0 unspecified atom stereocenters. The summed E-state index contributed by atoms with van der Waals surface area (Å²) in [6.07, 6.45) is -4.41. The lowest BCUT2D eigenvalue weighted by Gasteiger charge is -2.36. The number of pyridine rings is 2. The molecule has 9 heteroatoms. The van der Waals surface area contributed by atoms with Crippen LogP contribution in [0.1, 0.15) is 16.1 Å². The number of nitrogens with zero attached hydrogens (tertiary/aromatic N) is 4. The SMILES string of the molecule is O=C(c1cc2c3ccccc3n3c(=O)c4ccccc4c(n1)c23)N1CCN(c2cccc(C(F)(F)F)c2)CC1. The summed E-state index contributed by atoms with van der Waals surface area (Å²) in [7, 11) is 0. The Morgan fingerprint density at radius 1 is 0.769 bits per heavy atom. The van der Waals surface area contributed by atoms with Gasteiger partial charge in [0.25, 0.3) is 11.5 Å². The smallest absolute Gasteiger partial charge is 0.368 e. The van der Waals surface area contributed by atoms with Crippen molar-refractivity contribution in [3.05, 3.63) is 100 Å². The molecule has 0 N–H and O–H groups in total. The minimum atomic E-state index is -4.41. The Balaban J connectivity index is 1.28. The van der Waals surface area contributed by atoms with Crippen LogP contribution in [0.5, 0.6) is 0 Å². The van der Waals surface area contributed by atoms with E-state index in [2.05, 4.69) is 0 Å². The average molecular weight is 527 g/mol. The van der Waals surface area contributed by atoms with E-state index in [0.29, 0.717) is 53.7 Å². The van der Waals surface area contributed by atoms with E-state index in [1.165, 1.54) is 6.07 Å². The molecule has 1 aliphatic heterocycles. The molecule has 7 rings (SSSR count). The van der Waals surface area contributed by atoms with Gasteiger partial charge in [0.15, 0.2) is 0 Å². The predicted octanol–water partition coefficient (Wildman–Crippen LogP) is 5.57. The number of aromatic nitrogens is 2. The summed E-state index contributed by atoms with van der Waals surface area (Å²) < 4.78 is 41.2. The number of fused-ring (bicyclic) bond motifs is 5. The number of hydrogen-bond acceptors (Lipinski definition) is 4. The molecule has 3 aromatic heterocycles. The number of alkyl halides is 3. The molecule has 3 aromatic carbocycles. The molecule has 1 saturated heterocycles. The maximum Gasteiger partial charge on any atom is 0.416 e. The van der Waals surface area contributed by atoms with E-state index in [4.69, 9.17) is 4.98 Å². The molecular weight excluding hydrogens is 505 g/mol. The van der Waals surface area contributed by atoms with Crippen LogP contribution < -0.4 is 10.5 Å².